The fourth-order valence-electron chi connectivity index (χ4n) is 2.13. The summed E-state index contributed by atoms with van der Waals surface area (Å²) in [6.45, 7) is -0.470. The number of nitrogens with two attached hydrogens (primary N) is 1. The molecule has 3 heterocycles. The zero-order valence-electron chi connectivity index (χ0n) is 10.1. The van der Waals surface area contributed by atoms with Crippen LogP contribution in [0, 0.1) is 0 Å². The summed E-state index contributed by atoms with van der Waals surface area (Å²) in [6.07, 6.45) is -2.61. The fourth-order valence-corrected chi connectivity index (χ4v) is 2.13. The van der Waals surface area contributed by atoms with Gasteiger partial charge in [0.15, 0.2) is 23.9 Å². The summed E-state index contributed by atoms with van der Waals surface area (Å²) in [5.41, 5.74) is 6.28. The molecular weight excluding hydrogens is 293 g/mol. The largest absolute Gasteiger partial charge is 0.394 e. The molecule has 110 valence electrons. The summed E-state index contributed by atoms with van der Waals surface area (Å²) in [4.78, 5) is 11.8. The molecule has 0 bridgehead atoms. The van der Waals surface area contributed by atoms with Gasteiger partial charge in [-0.05, 0) is 0 Å². The van der Waals surface area contributed by atoms with Crippen LogP contribution in [0.15, 0.2) is 12.7 Å². The average molecular weight is 306 g/mol. The normalized spacial score (nSPS) is 29.6. The van der Waals surface area contributed by atoms with Gasteiger partial charge in [-0.15, -0.1) is 12.4 Å². The van der Waals surface area contributed by atoms with Gasteiger partial charge in [0.2, 0.25) is 0 Å². The van der Waals surface area contributed by atoms with Crippen molar-refractivity contribution in [2.45, 2.75) is 24.6 Å². The van der Waals surface area contributed by atoms with Crippen LogP contribution in [0.4, 0.5) is 10.2 Å². The van der Waals surface area contributed by atoms with Crippen molar-refractivity contribution in [1.29, 1.82) is 0 Å². The van der Waals surface area contributed by atoms with E-state index in [0.717, 1.165) is 0 Å². The fraction of sp³-hybridized carbons (Fsp3) is 0.500. The molecule has 4 atom stereocenters. The van der Waals surface area contributed by atoms with Crippen molar-refractivity contribution in [2.75, 3.05) is 12.3 Å². The minimum absolute atomic E-state index is 0. The average Bonchev–Trinajstić information content (AvgIpc) is 2.94. The molecule has 0 aliphatic carbocycles. The molecule has 10 heteroatoms. The van der Waals surface area contributed by atoms with E-state index in [1.807, 2.05) is 0 Å². The van der Waals surface area contributed by atoms with Gasteiger partial charge in [0.1, 0.15) is 24.1 Å². The molecule has 2 aromatic rings. The number of aromatic nitrogens is 4. The first-order valence-electron chi connectivity index (χ1n) is 5.65. The summed E-state index contributed by atoms with van der Waals surface area (Å²) in [5.74, 6) is 0.177. The number of rotatable bonds is 2. The maximum absolute atomic E-state index is 14.0. The third-order valence-electron chi connectivity index (χ3n) is 3.13. The number of imidazole rings is 1. The topological polar surface area (TPSA) is 119 Å². The van der Waals surface area contributed by atoms with Crippen molar-refractivity contribution < 1.29 is 19.3 Å². The second kappa shape index (κ2) is 5.44. The Bertz CT molecular complexity index is 612. The number of fused-ring (bicyclic) bond motifs is 1. The van der Waals surface area contributed by atoms with E-state index in [1.54, 1.807) is 0 Å². The third kappa shape index (κ3) is 2.08. The third-order valence-corrected chi connectivity index (χ3v) is 3.13. The quantitative estimate of drug-likeness (QED) is 0.679. The Balaban J connectivity index is 0.00000147. The first kappa shape index (κ1) is 14.9. The highest BCUT2D eigenvalue weighted by Crippen LogP contribution is 2.33. The first-order chi connectivity index (χ1) is 9.13. The molecule has 3 rings (SSSR count). The van der Waals surface area contributed by atoms with Crippen molar-refractivity contribution in [3.8, 4) is 0 Å². The van der Waals surface area contributed by atoms with E-state index in [1.165, 1.54) is 17.2 Å². The van der Waals surface area contributed by atoms with Crippen molar-refractivity contribution >= 4 is 29.4 Å². The van der Waals surface area contributed by atoms with Gasteiger partial charge in [0.05, 0.1) is 12.9 Å². The number of anilines is 1. The zero-order valence-corrected chi connectivity index (χ0v) is 10.9. The van der Waals surface area contributed by atoms with E-state index in [0.29, 0.717) is 11.2 Å². The van der Waals surface area contributed by atoms with Crippen LogP contribution in [0.5, 0.6) is 0 Å². The summed E-state index contributed by atoms with van der Waals surface area (Å²) < 4.78 is 20.6. The molecule has 8 nitrogen and oxygen atoms in total. The SMILES string of the molecule is Cl.Nc1ncnc2c1ncn2[C@@H]1O[C@H](CO)[C@@H](O)[C@@H]1F. The minimum atomic E-state index is -1.69. The number of aliphatic hydroxyl groups excluding tert-OH is 2. The highest BCUT2D eigenvalue weighted by Gasteiger charge is 2.45. The van der Waals surface area contributed by atoms with Gasteiger partial charge in [-0.2, -0.15) is 0 Å². The Morgan fingerprint density at radius 2 is 2.15 bits per heavy atom. The number of halogens is 2. The smallest absolute Gasteiger partial charge is 0.173 e. The van der Waals surface area contributed by atoms with Gasteiger partial charge >= 0.3 is 0 Å². The van der Waals surface area contributed by atoms with Gasteiger partial charge in [0, 0.05) is 0 Å². The number of nitrogen functional groups attached to an aromatic ring is 1. The number of alkyl halides is 1. The van der Waals surface area contributed by atoms with Crippen molar-refractivity contribution in [3.05, 3.63) is 12.7 Å². The minimum Gasteiger partial charge on any atom is -0.394 e. The van der Waals surface area contributed by atoms with Crippen LogP contribution in [0.3, 0.4) is 0 Å². The maximum Gasteiger partial charge on any atom is 0.173 e. The van der Waals surface area contributed by atoms with Crippen LogP contribution in [0.1, 0.15) is 6.23 Å². The molecule has 4 N–H and O–H groups in total. The van der Waals surface area contributed by atoms with Crippen LogP contribution < -0.4 is 5.73 Å². The Labute approximate surface area is 118 Å². The number of aliphatic hydroxyl groups is 2. The van der Waals surface area contributed by atoms with Crippen LogP contribution in [-0.2, 0) is 4.74 Å². The number of hydrogen-bond donors (Lipinski definition) is 3. The Morgan fingerprint density at radius 3 is 2.80 bits per heavy atom. The lowest BCUT2D eigenvalue weighted by molar-refractivity contribution is -0.0459. The molecule has 0 unspecified atom stereocenters. The van der Waals surface area contributed by atoms with Crippen LogP contribution in [-0.4, -0.2) is 54.7 Å². The summed E-state index contributed by atoms with van der Waals surface area (Å²) in [5, 5.41) is 18.6. The monoisotopic (exact) mass is 305 g/mol. The van der Waals surface area contributed by atoms with Crippen molar-refractivity contribution in [1.82, 2.24) is 19.5 Å². The van der Waals surface area contributed by atoms with Gasteiger partial charge in [-0.25, -0.2) is 19.3 Å². The molecule has 2 aromatic heterocycles. The second-order valence-electron chi connectivity index (χ2n) is 4.27. The predicted octanol–water partition coefficient (Wildman–Crippen LogP) is -0.581. The molecule has 1 aliphatic rings. The number of hydrogen-bond acceptors (Lipinski definition) is 7. The van der Waals surface area contributed by atoms with Gasteiger partial charge in [0.25, 0.3) is 0 Å². The molecule has 0 radical (unpaired) electrons. The predicted molar refractivity (Wildman–Crippen MR) is 68.9 cm³/mol. The van der Waals surface area contributed by atoms with E-state index in [4.69, 9.17) is 15.6 Å². The molecule has 0 amide bonds. The van der Waals surface area contributed by atoms with E-state index >= 15 is 0 Å². The molecule has 20 heavy (non-hydrogen) atoms. The lowest BCUT2D eigenvalue weighted by Crippen LogP contribution is -2.30. The van der Waals surface area contributed by atoms with E-state index in [-0.39, 0.29) is 18.2 Å². The first-order valence-corrected chi connectivity index (χ1v) is 5.65. The summed E-state index contributed by atoms with van der Waals surface area (Å²) in [7, 11) is 0. The number of ether oxygens (including phenoxy) is 1. The van der Waals surface area contributed by atoms with Gasteiger partial charge in [-0.1, -0.05) is 0 Å². The summed E-state index contributed by atoms with van der Waals surface area (Å²) >= 11 is 0. The highest BCUT2D eigenvalue weighted by atomic mass is 35.5. The van der Waals surface area contributed by atoms with Crippen LogP contribution in [0.25, 0.3) is 11.2 Å². The molecule has 0 aromatic carbocycles. The number of nitrogens with zero attached hydrogens (tertiary/aromatic N) is 4. The Morgan fingerprint density at radius 1 is 1.40 bits per heavy atom. The molecule has 1 saturated heterocycles. The molecule has 1 fully saturated rings. The lowest BCUT2D eigenvalue weighted by Gasteiger charge is -2.14. The van der Waals surface area contributed by atoms with Crippen molar-refractivity contribution in [3.63, 3.8) is 0 Å². The second-order valence-corrected chi connectivity index (χ2v) is 4.27. The van der Waals surface area contributed by atoms with Crippen molar-refractivity contribution in [2.24, 2.45) is 0 Å². The van der Waals surface area contributed by atoms with E-state index in [9.17, 15) is 9.50 Å². The molecule has 0 spiro atoms. The highest BCUT2D eigenvalue weighted by molar-refractivity contribution is 5.85. The molecule has 0 saturated carbocycles. The molecule has 1 aliphatic heterocycles. The standard InChI is InChI=1S/C10H12FN5O3.ClH/c11-5-7(18)4(1-17)19-10(5)16-3-15-6-8(12)13-2-14-9(6)16;/h2-5,7,10,17-18H,1H2,(H2,12,13,14);1H/t4-,5+,7-,10-;/m1./s1. The van der Waals surface area contributed by atoms with Gasteiger partial charge in [-0.3, -0.25) is 4.57 Å². The Hall–Kier alpha value is -1.55. The molecular formula is C10H13ClFN5O3. The zero-order chi connectivity index (χ0) is 13.6. The summed E-state index contributed by atoms with van der Waals surface area (Å²) in [6, 6.07) is 0. The van der Waals surface area contributed by atoms with Gasteiger partial charge < -0.3 is 20.7 Å². The van der Waals surface area contributed by atoms with E-state index in [2.05, 4.69) is 15.0 Å². The van der Waals surface area contributed by atoms with E-state index < -0.39 is 31.2 Å². The lowest BCUT2D eigenvalue weighted by atomic mass is 10.1. The van der Waals surface area contributed by atoms with Crippen LogP contribution >= 0.6 is 12.4 Å². The maximum atomic E-state index is 14.0. The van der Waals surface area contributed by atoms with Crippen LogP contribution in [0.2, 0.25) is 0 Å². The Kier molecular flexibility index (Phi) is 4.04.